The molecule has 0 aromatic heterocycles. The monoisotopic (exact) mass is 386 g/mol. The van der Waals surface area contributed by atoms with Crippen LogP contribution in [0.5, 0.6) is 0 Å². The Morgan fingerprint density at radius 1 is 0.840 bits per heavy atom. The molecular formula is C16H19FN2O4S2. The van der Waals surface area contributed by atoms with Crippen LogP contribution in [-0.2, 0) is 20.0 Å². The average molecular weight is 386 g/mol. The molecule has 0 unspecified atom stereocenters. The summed E-state index contributed by atoms with van der Waals surface area (Å²) in [5.74, 6) is -0.538. The molecule has 0 saturated heterocycles. The molecule has 0 amide bonds. The van der Waals surface area contributed by atoms with Gasteiger partial charge in [-0.3, -0.25) is 4.72 Å². The topological polar surface area (TPSA) is 92.3 Å². The Balaban J connectivity index is 2.13. The molecule has 6 nitrogen and oxygen atoms in total. The molecule has 0 fully saturated rings. The van der Waals surface area contributed by atoms with Gasteiger partial charge in [0.25, 0.3) is 10.0 Å². The fraction of sp³-hybridized carbons (Fsp3) is 0.250. The fourth-order valence-electron chi connectivity index (χ4n) is 2.00. The highest BCUT2D eigenvalue weighted by Crippen LogP contribution is 2.18. The van der Waals surface area contributed by atoms with Gasteiger partial charge in [-0.25, -0.2) is 25.9 Å². The third kappa shape index (κ3) is 5.25. The van der Waals surface area contributed by atoms with Gasteiger partial charge in [0.1, 0.15) is 5.82 Å². The molecule has 25 heavy (non-hydrogen) atoms. The molecule has 2 N–H and O–H groups in total. The molecule has 0 spiro atoms. The third-order valence-electron chi connectivity index (χ3n) is 3.36. The van der Waals surface area contributed by atoms with E-state index >= 15 is 0 Å². The summed E-state index contributed by atoms with van der Waals surface area (Å²) in [6.07, 6.45) is 1.60. The highest BCUT2D eigenvalue weighted by atomic mass is 32.2. The Morgan fingerprint density at radius 2 is 1.36 bits per heavy atom. The predicted molar refractivity (Wildman–Crippen MR) is 93.7 cm³/mol. The van der Waals surface area contributed by atoms with Crippen molar-refractivity contribution in [3.63, 3.8) is 0 Å². The van der Waals surface area contributed by atoms with Crippen LogP contribution in [0.4, 0.5) is 10.1 Å². The van der Waals surface area contributed by atoms with Gasteiger partial charge in [-0.1, -0.05) is 13.3 Å². The van der Waals surface area contributed by atoms with Crippen molar-refractivity contribution in [1.29, 1.82) is 0 Å². The number of nitrogens with one attached hydrogen (secondary N) is 2. The van der Waals surface area contributed by atoms with E-state index in [1.807, 2.05) is 6.92 Å². The van der Waals surface area contributed by atoms with Crippen LogP contribution in [-0.4, -0.2) is 23.4 Å². The maximum atomic E-state index is 12.9. The lowest BCUT2D eigenvalue weighted by Crippen LogP contribution is -2.24. The number of hydrogen-bond acceptors (Lipinski definition) is 4. The first kappa shape index (κ1) is 19.4. The largest absolute Gasteiger partial charge is 0.280 e. The maximum absolute atomic E-state index is 12.9. The first-order chi connectivity index (χ1) is 11.7. The second-order valence-electron chi connectivity index (χ2n) is 5.34. The SMILES string of the molecule is CCCCNS(=O)(=O)c1ccc(NS(=O)(=O)c2ccc(F)cc2)cc1. The second-order valence-corrected chi connectivity index (χ2v) is 8.78. The highest BCUT2D eigenvalue weighted by Gasteiger charge is 2.16. The Bertz CT molecular complexity index is 910. The van der Waals surface area contributed by atoms with Crippen molar-refractivity contribution in [3.8, 4) is 0 Å². The standard InChI is InChI=1S/C16H19FN2O4S2/c1-2-3-12-18-24(20,21)15-10-6-14(7-11-15)19-25(22,23)16-8-4-13(17)5-9-16/h4-11,18-19H,2-3,12H2,1H3. The maximum Gasteiger partial charge on any atom is 0.261 e. The number of anilines is 1. The Labute approximate surface area is 147 Å². The van der Waals surface area contributed by atoms with E-state index in [9.17, 15) is 21.2 Å². The van der Waals surface area contributed by atoms with Crippen LogP contribution >= 0.6 is 0 Å². The molecule has 2 aromatic carbocycles. The van der Waals surface area contributed by atoms with Gasteiger partial charge in [0, 0.05) is 12.2 Å². The summed E-state index contributed by atoms with van der Waals surface area (Å²) in [7, 11) is -7.50. The fourth-order valence-corrected chi connectivity index (χ4v) is 4.13. The summed E-state index contributed by atoms with van der Waals surface area (Å²) in [5.41, 5.74) is 0.205. The normalized spacial score (nSPS) is 12.1. The summed E-state index contributed by atoms with van der Waals surface area (Å²) in [6.45, 7) is 2.30. The first-order valence-corrected chi connectivity index (χ1v) is 10.6. The number of benzene rings is 2. The van der Waals surface area contributed by atoms with Crippen molar-refractivity contribution in [2.45, 2.75) is 29.6 Å². The zero-order valence-electron chi connectivity index (χ0n) is 13.6. The Morgan fingerprint density at radius 3 is 1.92 bits per heavy atom. The molecule has 0 aliphatic heterocycles. The zero-order valence-corrected chi connectivity index (χ0v) is 15.2. The minimum Gasteiger partial charge on any atom is -0.280 e. The lowest BCUT2D eigenvalue weighted by Gasteiger charge is -2.10. The molecule has 136 valence electrons. The van der Waals surface area contributed by atoms with Crippen LogP contribution in [0.25, 0.3) is 0 Å². The molecular weight excluding hydrogens is 367 g/mol. The number of sulfonamides is 2. The molecule has 9 heteroatoms. The molecule has 0 saturated carbocycles. The van der Waals surface area contributed by atoms with Crippen LogP contribution < -0.4 is 9.44 Å². The van der Waals surface area contributed by atoms with Gasteiger partial charge in [0.15, 0.2) is 0 Å². The summed E-state index contributed by atoms with van der Waals surface area (Å²) in [4.78, 5) is -0.0415. The van der Waals surface area contributed by atoms with Gasteiger partial charge in [-0.2, -0.15) is 0 Å². The van der Waals surface area contributed by atoms with Gasteiger partial charge < -0.3 is 0 Å². The van der Waals surface area contributed by atoms with E-state index in [1.54, 1.807) is 0 Å². The molecule has 0 radical (unpaired) electrons. The molecule has 0 atom stereocenters. The Hall–Kier alpha value is -1.97. The van der Waals surface area contributed by atoms with E-state index in [0.717, 1.165) is 37.1 Å². The van der Waals surface area contributed by atoms with Gasteiger partial charge in [0.2, 0.25) is 10.0 Å². The third-order valence-corrected chi connectivity index (χ3v) is 6.24. The minimum atomic E-state index is -3.88. The van der Waals surface area contributed by atoms with E-state index in [2.05, 4.69) is 9.44 Å². The van der Waals surface area contributed by atoms with Crippen molar-refractivity contribution < 1.29 is 21.2 Å². The van der Waals surface area contributed by atoms with Gasteiger partial charge in [0.05, 0.1) is 9.79 Å². The van der Waals surface area contributed by atoms with E-state index in [0.29, 0.717) is 6.54 Å². The predicted octanol–water partition coefficient (Wildman–Crippen LogP) is 2.70. The van der Waals surface area contributed by atoms with Crippen molar-refractivity contribution >= 4 is 25.7 Å². The lowest BCUT2D eigenvalue weighted by atomic mass is 10.3. The van der Waals surface area contributed by atoms with E-state index in [4.69, 9.17) is 0 Å². The van der Waals surface area contributed by atoms with Crippen molar-refractivity contribution in [2.24, 2.45) is 0 Å². The first-order valence-electron chi connectivity index (χ1n) is 7.63. The summed E-state index contributed by atoms with van der Waals surface area (Å²) >= 11 is 0. The molecule has 0 bridgehead atoms. The van der Waals surface area contributed by atoms with E-state index in [-0.39, 0.29) is 15.5 Å². The minimum absolute atomic E-state index is 0.0494. The van der Waals surface area contributed by atoms with Crippen LogP contribution in [0.1, 0.15) is 19.8 Å². The van der Waals surface area contributed by atoms with Crippen molar-refractivity contribution in [2.75, 3.05) is 11.3 Å². The molecule has 2 rings (SSSR count). The number of halogens is 1. The highest BCUT2D eigenvalue weighted by molar-refractivity contribution is 7.92. The molecule has 0 aliphatic carbocycles. The number of rotatable bonds is 8. The zero-order chi connectivity index (χ0) is 18.5. The quantitative estimate of drug-likeness (QED) is 0.682. The average Bonchev–Trinajstić information content (AvgIpc) is 2.55. The molecule has 0 aliphatic rings. The van der Waals surface area contributed by atoms with E-state index in [1.165, 1.54) is 24.3 Å². The summed E-state index contributed by atoms with van der Waals surface area (Å²) in [5, 5.41) is 0. The smallest absolute Gasteiger partial charge is 0.261 e. The van der Waals surface area contributed by atoms with Gasteiger partial charge >= 0.3 is 0 Å². The van der Waals surface area contributed by atoms with Crippen molar-refractivity contribution in [3.05, 3.63) is 54.3 Å². The second kappa shape index (κ2) is 7.94. The van der Waals surface area contributed by atoms with Crippen LogP contribution in [0, 0.1) is 5.82 Å². The Kier molecular flexibility index (Phi) is 6.15. The number of unbranched alkanes of at least 4 members (excludes halogenated alkanes) is 1. The lowest BCUT2D eigenvalue weighted by molar-refractivity contribution is 0.578. The number of hydrogen-bond donors (Lipinski definition) is 2. The van der Waals surface area contributed by atoms with Crippen LogP contribution in [0.3, 0.4) is 0 Å². The summed E-state index contributed by atoms with van der Waals surface area (Å²) < 4.78 is 66.2. The molecule has 0 heterocycles. The summed E-state index contributed by atoms with van der Waals surface area (Å²) in [6, 6.07) is 9.74. The van der Waals surface area contributed by atoms with Gasteiger partial charge in [-0.05, 0) is 55.0 Å². The van der Waals surface area contributed by atoms with Gasteiger partial charge in [-0.15, -0.1) is 0 Å². The molecule has 2 aromatic rings. The van der Waals surface area contributed by atoms with E-state index < -0.39 is 25.9 Å². The van der Waals surface area contributed by atoms with Crippen LogP contribution in [0.2, 0.25) is 0 Å². The van der Waals surface area contributed by atoms with Crippen LogP contribution in [0.15, 0.2) is 58.3 Å². The van der Waals surface area contributed by atoms with Crippen molar-refractivity contribution in [1.82, 2.24) is 4.72 Å².